The van der Waals surface area contributed by atoms with Gasteiger partial charge in [-0.15, -0.1) is 11.6 Å². The Bertz CT molecular complexity index is 717. The van der Waals surface area contributed by atoms with E-state index in [1.54, 1.807) is 0 Å². The van der Waals surface area contributed by atoms with Gasteiger partial charge in [0.15, 0.2) is 0 Å². The molecule has 0 aliphatic heterocycles. The normalized spacial score (nSPS) is 13.6. The van der Waals surface area contributed by atoms with Crippen LogP contribution in [0.3, 0.4) is 0 Å². The molecule has 21 heavy (non-hydrogen) atoms. The predicted octanol–water partition coefficient (Wildman–Crippen LogP) is 5.92. The van der Waals surface area contributed by atoms with E-state index < -0.39 is 0 Å². The first kappa shape index (κ1) is 14.2. The lowest BCUT2D eigenvalue weighted by molar-refractivity contribution is 1.17. The van der Waals surface area contributed by atoms with Gasteiger partial charge >= 0.3 is 0 Å². The smallest absolute Gasteiger partial charge is 0.0264 e. The van der Waals surface area contributed by atoms with E-state index in [-0.39, 0.29) is 0 Å². The quantitative estimate of drug-likeness (QED) is 0.616. The molecule has 0 bridgehead atoms. The summed E-state index contributed by atoms with van der Waals surface area (Å²) in [6, 6.07) is 19.3. The van der Waals surface area contributed by atoms with Gasteiger partial charge in [0.2, 0.25) is 0 Å². The second-order valence-electron chi connectivity index (χ2n) is 5.58. The van der Waals surface area contributed by atoms with Gasteiger partial charge in [-0.1, -0.05) is 60.2 Å². The summed E-state index contributed by atoms with van der Waals surface area (Å²) in [6.07, 6.45) is 0.904. The van der Waals surface area contributed by atoms with Crippen LogP contribution in [0.4, 0.5) is 0 Å². The van der Waals surface area contributed by atoms with Gasteiger partial charge in [0.1, 0.15) is 0 Å². The van der Waals surface area contributed by atoms with E-state index in [1.165, 1.54) is 39.0 Å². The van der Waals surface area contributed by atoms with Crippen molar-refractivity contribution in [3.63, 3.8) is 0 Å². The topological polar surface area (TPSA) is 0 Å². The van der Waals surface area contributed by atoms with Gasteiger partial charge in [0.25, 0.3) is 0 Å². The van der Waals surface area contributed by atoms with Gasteiger partial charge in [-0.2, -0.15) is 0 Å². The summed E-state index contributed by atoms with van der Waals surface area (Å²) in [7, 11) is 0. The van der Waals surface area contributed by atoms with Crippen LogP contribution in [0.25, 0.3) is 11.1 Å². The molecule has 0 saturated heterocycles. The van der Waals surface area contributed by atoms with Crippen molar-refractivity contribution in [3.8, 4) is 0 Å². The first-order chi connectivity index (χ1) is 10.2. The molecule has 0 unspecified atom stereocenters. The number of benzene rings is 2. The van der Waals surface area contributed by atoms with E-state index in [1.807, 2.05) is 0 Å². The molecule has 2 aromatic carbocycles. The molecule has 1 aliphatic carbocycles. The minimum Gasteiger partial charge on any atom is -0.126 e. The monoisotopic (exact) mass is 294 g/mol. The van der Waals surface area contributed by atoms with Gasteiger partial charge in [-0.25, -0.2) is 0 Å². The molecule has 0 N–H and O–H groups in total. The molecule has 3 rings (SSSR count). The SMILES string of the molecule is CC(C)=C1C(CCCl)=C(c2ccccc2)c2ccccc21. The Morgan fingerprint density at radius 2 is 1.48 bits per heavy atom. The molecule has 0 radical (unpaired) electrons. The molecule has 1 aliphatic rings. The van der Waals surface area contributed by atoms with Crippen molar-refractivity contribution in [3.05, 3.63) is 82.4 Å². The van der Waals surface area contributed by atoms with Crippen molar-refractivity contribution in [2.24, 2.45) is 0 Å². The zero-order chi connectivity index (χ0) is 14.8. The van der Waals surface area contributed by atoms with Crippen LogP contribution in [0.1, 0.15) is 37.0 Å². The van der Waals surface area contributed by atoms with Crippen LogP contribution in [0.2, 0.25) is 0 Å². The largest absolute Gasteiger partial charge is 0.126 e. The van der Waals surface area contributed by atoms with E-state index in [0.717, 1.165) is 6.42 Å². The minimum absolute atomic E-state index is 0.649. The predicted molar refractivity (Wildman–Crippen MR) is 92.5 cm³/mol. The third-order valence-electron chi connectivity index (χ3n) is 3.98. The third-order valence-corrected chi connectivity index (χ3v) is 4.17. The van der Waals surface area contributed by atoms with Crippen molar-refractivity contribution in [1.29, 1.82) is 0 Å². The molecule has 0 atom stereocenters. The fourth-order valence-corrected chi connectivity index (χ4v) is 3.41. The maximum atomic E-state index is 6.09. The van der Waals surface area contributed by atoms with Gasteiger partial charge in [0, 0.05) is 5.88 Å². The Balaban J connectivity index is 2.32. The number of hydrogen-bond acceptors (Lipinski definition) is 0. The van der Waals surface area contributed by atoms with E-state index >= 15 is 0 Å². The Morgan fingerprint density at radius 3 is 2.10 bits per heavy atom. The average molecular weight is 295 g/mol. The fourth-order valence-electron chi connectivity index (χ4n) is 3.22. The lowest BCUT2D eigenvalue weighted by Crippen LogP contribution is -1.91. The van der Waals surface area contributed by atoms with Gasteiger partial charge in [0.05, 0.1) is 0 Å². The van der Waals surface area contributed by atoms with Crippen LogP contribution in [-0.4, -0.2) is 5.88 Å². The van der Waals surface area contributed by atoms with Gasteiger partial charge in [-0.3, -0.25) is 0 Å². The summed E-state index contributed by atoms with van der Waals surface area (Å²) in [5.41, 5.74) is 9.43. The number of fused-ring (bicyclic) bond motifs is 1. The number of allylic oxidation sites excluding steroid dienone is 3. The maximum Gasteiger partial charge on any atom is 0.0264 e. The van der Waals surface area contributed by atoms with E-state index in [0.29, 0.717) is 5.88 Å². The molecule has 0 fully saturated rings. The van der Waals surface area contributed by atoms with Crippen LogP contribution in [0.5, 0.6) is 0 Å². The molecule has 0 nitrogen and oxygen atoms in total. The van der Waals surface area contributed by atoms with E-state index in [2.05, 4.69) is 68.4 Å². The summed E-state index contributed by atoms with van der Waals surface area (Å²) < 4.78 is 0. The molecular weight excluding hydrogens is 276 g/mol. The summed E-state index contributed by atoms with van der Waals surface area (Å²) in [5, 5.41) is 0. The Labute approximate surface area is 131 Å². The third kappa shape index (κ3) is 2.45. The van der Waals surface area contributed by atoms with Crippen LogP contribution in [0.15, 0.2) is 65.7 Å². The van der Waals surface area contributed by atoms with Crippen LogP contribution in [0, 0.1) is 0 Å². The molecular formula is C20H19Cl. The van der Waals surface area contributed by atoms with Crippen molar-refractivity contribution in [2.45, 2.75) is 20.3 Å². The highest BCUT2D eigenvalue weighted by Crippen LogP contribution is 2.47. The zero-order valence-corrected chi connectivity index (χ0v) is 13.2. The highest BCUT2D eigenvalue weighted by atomic mass is 35.5. The molecule has 0 saturated carbocycles. The molecule has 2 aromatic rings. The van der Waals surface area contributed by atoms with Crippen LogP contribution in [-0.2, 0) is 0 Å². The number of alkyl halides is 1. The molecule has 0 amide bonds. The molecule has 1 heteroatoms. The van der Waals surface area contributed by atoms with Crippen molar-refractivity contribution < 1.29 is 0 Å². The lowest BCUT2D eigenvalue weighted by atomic mass is 9.95. The first-order valence-corrected chi connectivity index (χ1v) is 7.89. The molecule has 0 aromatic heterocycles. The second-order valence-corrected chi connectivity index (χ2v) is 5.96. The van der Waals surface area contributed by atoms with Crippen molar-refractivity contribution >= 4 is 22.7 Å². The zero-order valence-electron chi connectivity index (χ0n) is 12.5. The Hall–Kier alpha value is -1.79. The summed E-state index contributed by atoms with van der Waals surface area (Å²) in [6.45, 7) is 4.38. The summed E-state index contributed by atoms with van der Waals surface area (Å²) >= 11 is 6.09. The van der Waals surface area contributed by atoms with Crippen LogP contribution < -0.4 is 0 Å². The van der Waals surface area contributed by atoms with E-state index in [9.17, 15) is 0 Å². The maximum absolute atomic E-state index is 6.09. The van der Waals surface area contributed by atoms with Gasteiger partial charge in [-0.05, 0) is 53.7 Å². The lowest BCUT2D eigenvalue weighted by Gasteiger charge is -2.10. The van der Waals surface area contributed by atoms with Gasteiger partial charge < -0.3 is 0 Å². The molecule has 106 valence electrons. The number of rotatable bonds is 3. The highest BCUT2D eigenvalue weighted by Gasteiger charge is 2.26. The highest BCUT2D eigenvalue weighted by molar-refractivity contribution is 6.18. The average Bonchev–Trinajstić information content (AvgIpc) is 2.82. The summed E-state index contributed by atoms with van der Waals surface area (Å²) in [4.78, 5) is 0. The fraction of sp³-hybridized carbons (Fsp3) is 0.200. The van der Waals surface area contributed by atoms with Crippen LogP contribution >= 0.6 is 11.6 Å². The Kier molecular flexibility index (Phi) is 3.98. The number of halogens is 1. The standard InChI is InChI=1S/C20H19Cl/c1-14(2)19-16-10-6-7-11-17(16)20(18(19)12-13-21)15-8-4-3-5-9-15/h3-11H,12-13H2,1-2H3. The first-order valence-electron chi connectivity index (χ1n) is 7.36. The number of hydrogen-bond donors (Lipinski definition) is 0. The Morgan fingerprint density at radius 1 is 0.857 bits per heavy atom. The summed E-state index contributed by atoms with van der Waals surface area (Å²) in [5.74, 6) is 0.649. The van der Waals surface area contributed by atoms with E-state index in [4.69, 9.17) is 11.6 Å². The minimum atomic E-state index is 0.649. The second kappa shape index (κ2) is 5.91. The molecule has 0 heterocycles. The van der Waals surface area contributed by atoms with Crippen molar-refractivity contribution in [2.75, 3.05) is 5.88 Å². The molecule has 0 spiro atoms. The van der Waals surface area contributed by atoms with Crippen molar-refractivity contribution in [1.82, 2.24) is 0 Å².